The van der Waals surface area contributed by atoms with E-state index in [2.05, 4.69) is 10.2 Å². The quantitative estimate of drug-likeness (QED) is 0.866. The topological polar surface area (TPSA) is 65.7 Å². The Balaban J connectivity index is 1.65. The van der Waals surface area contributed by atoms with Gasteiger partial charge in [0, 0.05) is 12.1 Å². The van der Waals surface area contributed by atoms with Gasteiger partial charge in [-0.3, -0.25) is 4.90 Å². The summed E-state index contributed by atoms with van der Waals surface area (Å²) < 4.78 is 5.36. The van der Waals surface area contributed by atoms with E-state index in [1.165, 1.54) is 31.7 Å². The fourth-order valence-corrected chi connectivity index (χ4v) is 3.32. The lowest BCUT2D eigenvalue weighted by atomic mass is 10.0. The van der Waals surface area contributed by atoms with Crippen LogP contribution in [0.25, 0.3) is 0 Å². The van der Waals surface area contributed by atoms with Crippen molar-refractivity contribution in [3.8, 4) is 0 Å². The van der Waals surface area contributed by atoms with Crippen LogP contribution in [0.15, 0.2) is 16.5 Å². The van der Waals surface area contributed by atoms with Crippen LogP contribution in [-0.4, -0.2) is 41.1 Å². The first-order valence-electron chi connectivity index (χ1n) is 7.03. The van der Waals surface area contributed by atoms with Crippen LogP contribution in [0.5, 0.6) is 0 Å². The summed E-state index contributed by atoms with van der Waals surface area (Å²) in [4.78, 5) is 13.2. The van der Waals surface area contributed by atoms with E-state index in [0.717, 1.165) is 25.4 Å². The van der Waals surface area contributed by atoms with Crippen molar-refractivity contribution in [1.82, 2.24) is 10.2 Å². The number of carbonyl (C=O) groups is 1. The van der Waals surface area contributed by atoms with Gasteiger partial charge < -0.3 is 14.8 Å². The molecule has 19 heavy (non-hydrogen) atoms. The molecule has 3 heterocycles. The van der Waals surface area contributed by atoms with E-state index in [1.54, 1.807) is 6.07 Å². The van der Waals surface area contributed by atoms with Crippen molar-refractivity contribution in [2.45, 2.75) is 44.3 Å². The molecular weight excluding hydrogens is 244 g/mol. The Morgan fingerprint density at radius 3 is 3.00 bits per heavy atom. The molecule has 0 radical (unpaired) electrons. The molecule has 0 amide bonds. The van der Waals surface area contributed by atoms with E-state index >= 15 is 0 Å². The number of nitrogens with one attached hydrogen (secondary N) is 1. The van der Waals surface area contributed by atoms with E-state index in [4.69, 9.17) is 9.52 Å². The highest BCUT2D eigenvalue weighted by molar-refractivity contribution is 5.84. The molecule has 0 bridgehead atoms. The number of hydrogen-bond acceptors (Lipinski definition) is 4. The lowest BCUT2D eigenvalue weighted by molar-refractivity contribution is 0.0657. The minimum Gasteiger partial charge on any atom is -0.475 e. The zero-order chi connectivity index (χ0) is 13.2. The van der Waals surface area contributed by atoms with Gasteiger partial charge >= 0.3 is 5.97 Å². The molecule has 2 atom stereocenters. The van der Waals surface area contributed by atoms with Crippen molar-refractivity contribution >= 4 is 5.97 Å². The number of furan rings is 1. The summed E-state index contributed by atoms with van der Waals surface area (Å²) in [6.07, 6.45) is 4.96. The molecule has 5 nitrogen and oxygen atoms in total. The van der Waals surface area contributed by atoms with Gasteiger partial charge in [0.15, 0.2) is 0 Å². The molecule has 2 fully saturated rings. The summed E-state index contributed by atoms with van der Waals surface area (Å²) in [5, 5.41) is 12.4. The molecule has 0 saturated carbocycles. The summed E-state index contributed by atoms with van der Waals surface area (Å²) in [5.41, 5.74) is 0. The number of likely N-dealkylation sites (tertiary alicyclic amines) is 1. The van der Waals surface area contributed by atoms with Crippen LogP contribution in [0.4, 0.5) is 0 Å². The third kappa shape index (κ3) is 2.67. The molecule has 2 aliphatic rings. The number of carboxylic acid groups (broad SMARTS) is 1. The van der Waals surface area contributed by atoms with Crippen molar-refractivity contribution < 1.29 is 14.3 Å². The van der Waals surface area contributed by atoms with Crippen LogP contribution in [0.2, 0.25) is 0 Å². The summed E-state index contributed by atoms with van der Waals surface area (Å²) in [6.45, 7) is 2.92. The van der Waals surface area contributed by atoms with E-state index in [9.17, 15) is 4.79 Å². The monoisotopic (exact) mass is 264 g/mol. The molecule has 2 aliphatic heterocycles. The highest BCUT2D eigenvalue weighted by atomic mass is 16.4. The summed E-state index contributed by atoms with van der Waals surface area (Å²) >= 11 is 0. The van der Waals surface area contributed by atoms with Crippen molar-refractivity contribution in [2.75, 3.05) is 13.1 Å². The zero-order valence-corrected chi connectivity index (χ0v) is 11.0. The summed E-state index contributed by atoms with van der Waals surface area (Å²) in [6, 6.07) is 4.48. The lowest BCUT2D eigenvalue weighted by Gasteiger charge is -2.28. The average molecular weight is 264 g/mol. The van der Waals surface area contributed by atoms with Crippen molar-refractivity contribution in [3.63, 3.8) is 0 Å². The molecule has 104 valence electrons. The predicted molar refractivity (Wildman–Crippen MR) is 70.1 cm³/mol. The fourth-order valence-electron chi connectivity index (χ4n) is 3.32. The summed E-state index contributed by atoms with van der Waals surface area (Å²) in [5.74, 6) is -0.214. The Morgan fingerprint density at radius 2 is 2.32 bits per heavy atom. The molecule has 0 aliphatic carbocycles. The smallest absolute Gasteiger partial charge is 0.371 e. The molecule has 2 N–H and O–H groups in total. The normalized spacial score (nSPS) is 28.0. The van der Waals surface area contributed by atoms with Gasteiger partial charge in [0.05, 0.1) is 6.54 Å². The van der Waals surface area contributed by atoms with E-state index < -0.39 is 5.97 Å². The molecule has 5 heteroatoms. The maximum Gasteiger partial charge on any atom is 0.371 e. The Bertz CT molecular complexity index is 451. The maximum absolute atomic E-state index is 10.8. The van der Waals surface area contributed by atoms with E-state index in [1.807, 2.05) is 0 Å². The Kier molecular flexibility index (Phi) is 3.57. The Labute approximate surface area is 112 Å². The third-order valence-corrected chi connectivity index (χ3v) is 4.21. The highest BCUT2D eigenvalue weighted by Crippen LogP contribution is 2.26. The SMILES string of the molecule is O=C(O)c1ccc(CN2CCCC2C2CCCN2)o1. The Hall–Kier alpha value is -1.33. The van der Waals surface area contributed by atoms with Crippen LogP contribution in [0, 0.1) is 0 Å². The molecule has 1 aromatic rings. The maximum atomic E-state index is 10.8. The van der Waals surface area contributed by atoms with Gasteiger partial charge in [-0.1, -0.05) is 0 Å². The lowest BCUT2D eigenvalue weighted by Crippen LogP contribution is -2.43. The van der Waals surface area contributed by atoms with Crippen molar-refractivity contribution in [3.05, 3.63) is 23.7 Å². The van der Waals surface area contributed by atoms with Crippen LogP contribution in [-0.2, 0) is 6.54 Å². The average Bonchev–Trinajstić information content (AvgIpc) is 3.09. The first-order chi connectivity index (χ1) is 9.24. The fraction of sp³-hybridized carbons (Fsp3) is 0.643. The van der Waals surface area contributed by atoms with Crippen LogP contribution in [0.1, 0.15) is 42.0 Å². The van der Waals surface area contributed by atoms with Gasteiger partial charge in [-0.2, -0.15) is 0 Å². The highest BCUT2D eigenvalue weighted by Gasteiger charge is 2.33. The van der Waals surface area contributed by atoms with Crippen LogP contribution in [0.3, 0.4) is 0 Å². The van der Waals surface area contributed by atoms with E-state index in [-0.39, 0.29) is 5.76 Å². The van der Waals surface area contributed by atoms with Crippen LogP contribution < -0.4 is 5.32 Å². The Morgan fingerprint density at radius 1 is 1.42 bits per heavy atom. The second-order valence-electron chi connectivity index (χ2n) is 5.45. The number of rotatable bonds is 4. The number of carboxylic acids is 1. The second kappa shape index (κ2) is 5.35. The number of nitrogens with zero attached hydrogens (tertiary/aromatic N) is 1. The minimum atomic E-state index is -0.998. The third-order valence-electron chi connectivity index (χ3n) is 4.21. The van der Waals surface area contributed by atoms with Gasteiger partial charge in [-0.25, -0.2) is 4.79 Å². The van der Waals surface area contributed by atoms with Crippen LogP contribution >= 0.6 is 0 Å². The molecular formula is C14H20N2O3. The summed E-state index contributed by atoms with van der Waals surface area (Å²) in [7, 11) is 0. The molecule has 2 unspecified atom stereocenters. The van der Waals surface area contributed by atoms with Crippen molar-refractivity contribution in [1.29, 1.82) is 0 Å². The van der Waals surface area contributed by atoms with Crippen molar-refractivity contribution in [2.24, 2.45) is 0 Å². The predicted octanol–water partition coefficient (Wildman–Crippen LogP) is 1.69. The van der Waals surface area contributed by atoms with Gasteiger partial charge in [-0.05, 0) is 50.9 Å². The first-order valence-corrected chi connectivity index (χ1v) is 7.03. The minimum absolute atomic E-state index is 0.0322. The number of hydrogen-bond donors (Lipinski definition) is 2. The largest absolute Gasteiger partial charge is 0.475 e. The zero-order valence-electron chi connectivity index (χ0n) is 11.0. The van der Waals surface area contributed by atoms with Gasteiger partial charge in [0.1, 0.15) is 5.76 Å². The van der Waals surface area contributed by atoms with E-state index in [0.29, 0.717) is 12.1 Å². The molecule has 3 rings (SSSR count). The molecule has 1 aromatic heterocycles. The molecule has 2 saturated heterocycles. The first kappa shape index (κ1) is 12.7. The van der Waals surface area contributed by atoms with Gasteiger partial charge in [0.2, 0.25) is 5.76 Å². The molecule has 0 aromatic carbocycles. The van der Waals surface area contributed by atoms with Gasteiger partial charge in [0.25, 0.3) is 0 Å². The molecule has 0 spiro atoms. The van der Waals surface area contributed by atoms with Gasteiger partial charge in [-0.15, -0.1) is 0 Å². The standard InChI is InChI=1S/C14H20N2O3/c17-14(18)13-6-5-10(19-13)9-16-8-2-4-12(16)11-3-1-7-15-11/h5-6,11-12,15H,1-4,7-9H2,(H,17,18). The second-order valence-corrected chi connectivity index (χ2v) is 5.45. The number of aromatic carboxylic acids is 1.